The minimum Gasteiger partial charge on any atom is -0.492 e. The number of thiocarbonyl (C=S) groups is 1. The van der Waals surface area contributed by atoms with Gasteiger partial charge in [0.15, 0.2) is 5.11 Å². The lowest BCUT2D eigenvalue weighted by Gasteiger charge is -2.39. The van der Waals surface area contributed by atoms with Crippen molar-refractivity contribution in [3.8, 4) is 11.8 Å². The molecule has 0 bridgehead atoms. The van der Waals surface area contributed by atoms with Crippen LogP contribution in [-0.2, 0) is 31.8 Å². The Morgan fingerprint density at radius 1 is 1.07 bits per heavy atom. The summed E-state index contributed by atoms with van der Waals surface area (Å²) >= 11 is 12.0. The molecule has 3 fully saturated rings. The lowest BCUT2D eigenvalue weighted by atomic mass is 10.0. The van der Waals surface area contributed by atoms with Crippen molar-refractivity contribution in [1.82, 2.24) is 15.1 Å². The number of hydrogen-bond donors (Lipinski definition) is 3. The number of nitrogens with one attached hydrogen (secondary N) is 3. The summed E-state index contributed by atoms with van der Waals surface area (Å²) in [7, 11) is 0. The molecule has 2 atom stereocenters. The molecule has 4 amide bonds. The van der Waals surface area contributed by atoms with Gasteiger partial charge in [-0.15, -0.1) is 0 Å². The zero-order chi connectivity index (χ0) is 43.5. The molecule has 0 saturated carbocycles. The summed E-state index contributed by atoms with van der Waals surface area (Å²) in [4.78, 5) is 57.3. The number of amides is 4. The van der Waals surface area contributed by atoms with Gasteiger partial charge >= 0.3 is 6.18 Å². The van der Waals surface area contributed by atoms with Crippen molar-refractivity contribution in [3.05, 3.63) is 76.3 Å². The van der Waals surface area contributed by atoms with E-state index in [1.165, 1.54) is 17.0 Å². The maximum Gasteiger partial charge on any atom is 0.417 e. The summed E-state index contributed by atoms with van der Waals surface area (Å²) in [5, 5.41) is 17.8. The van der Waals surface area contributed by atoms with E-state index in [2.05, 4.69) is 25.8 Å². The molecule has 13 nitrogen and oxygen atoms in total. The number of hydrogen-bond acceptors (Lipinski definition) is 10. The van der Waals surface area contributed by atoms with Crippen LogP contribution < -0.4 is 30.5 Å². The molecule has 3 N–H and O–H groups in total. The summed E-state index contributed by atoms with van der Waals surface area (Å²) in [6.07, 6.45) is -4.28. The highest BCUT2D eigenvalue weighted by Crippen LogP contribution is 2.41. The number of carbonyl (C=O) groups excluding carboxylic acids is 4. The van der Waals surface area contributed by atoms with Gasteiger partial charge in [-0.25, -0.2) is 0 Å². The molecular weight excluding hydrogens is 828 g/mol. The Kier molecular flexibility index (Phi) is 13.3. The van der Waals surface area contributed by atoms with Crippen LogP contribution >= 0.6 is 23.8 Å². The van der Waals surface area contributed by atoms with Crippen LogP contribution in [0.1, 0.15) is 50.3 Å². The molecule has 6 rings (SSSR count). The highest BCUT2D eigenvalue weighted by Gasteiger charge is 2.51. The zero-order valence-electron chi connectivity index (χ0n) is 33.0. The second-order valence-electron chi connectivity index (χ2n) is 15.3. The summed E-state index contributed by atoms with van der Waals surface area (Å²) in [5.74, 6) is -1.13. The fourth-order valence-corrected chi connectivity index (χ4v) is 8.32. The Labute approximate surface area is 354 Å². The number of aryl methyl sites for hydroxylation is 1. The third kappa shape index (κ3) is 9.81. The van der Waals surface area contributed by atoms with Crippen LogP contribution in [0.15, 0.2) is 54.6 Å². The summed E-state index contributed by atoms with van der Waals surface area (Å²) in [6, 6.07) is 13.8. The third-order valence-corrected chi connectivity index (χ3v) is 11.2. The van der Waals surface area contributed by atoms with Gasteiger partial charge in [0, 0.05) is 67.1 Å². The highest BCUT2D eigenvalue weighted by atomic mass is 35.5. The zero-order valence-corrected chi connectivity index (χ0v) is 34.6. The van der Waals surface area contributed by atoms with E-state index in [4.69, 9.17) is 28.6 Å². The number of alkyl halides is 4. The van der Waals surface area contributed by atoms with Crippen LogP contribution in [-0.4, -0.2) is 102 Å². The second kappa shape index (κ2) is 18.1. The molecular formula is C41H43ClF4N8O5S. The van der Waals surface area contributed by atoms with Crippen LogP contribution in [0.5, 0.6) is 5.75 Å². The Morgan fingerprint density at radius 3 is 2.48 bits per heavy atom. The maximum absolute atomic E-state index is 13.8. The van der Waals surface area contributed by atoms with Crippen molar-refractivity contribution >= 4 is 75.3 Å². The molecule has 60 heavy (non-hydrogen) atoms. The Morgan fingerprint density at radius 2 is 1.80 bits per heavy atom. The molecule has 3 aromatic rings. The van der Waals surface area contributed by atoms with Crippen LogP contribution in [0.4, 0.5) is 40.3 Å². The van der Waals surface area contributed by atoms with E-state index in [1.807, 2.05) is 6.92 Å². The van der Waals surface area contributed by atoms with Crippen molar-refractivity contribution in [3.63, 3.8) is 0 Å². The molecule has 0 aliphatic carbocycles. The van der Waals surface area contributed by atoms with E-state index >= 15 is 0 Å². The van der Waals surface area contributed by atoms with Crippen LogP contribution in [0.2, 0.25) is 5.02 Å². The van der Waals surface area contributed by atoms with Gasteiger partial charge in [-0.3, -0.25) is 43.6 Å². The van der Waals surface area contributed by atoms with E-state index in [-0.39, 0.29) is 54.6 Å². The number of piperidine rings is 1. The fourth-order valence-electron chi connectivity index (χ4n) is 7.56. The minimum atomic E-state index is -4.84. The standard InChI is InChI=1S/C41H43ClF4N8O5S/c1-24-22-51(12-13-52(24)23-36(56)49-29-18-27(42)17-28(19-29)48-33-7-9-35(55)50-37(33)57)14-15-59-34-8-6-31(16-25(34)10-11-43)54-39(60)53(38(58)40(54,2)3)30-5-4-26(21-47)32(20-30)41(44,45)46/h4-6,8,16-20,24,33,48H,7,9-15,22-23H2,1-3H3,(H,49,56)(H,50,55,57)/t24-,33?/m1/s1. The topological polar surface area (TPSA) is 150 Å². The molecule has 0 radical (unpaired) electrons. The van der Waals surface area contributed by atoms with Crippen LogP contribution in [0.3, 0.4) is 0 Å². The fraction of sp³-hybridized carbons (Fsp3) is 0.415. The third-order valence-electron chi connectivity index (χ3n) is 10.6. The number of imide groups is 1. The van der Waals surface area contributed by atoms with Gasteiger partial charge < -0.3 is 20.3 Å². The van der Waals surface area contributed by atoms with Crippen LogP contribution in [0, 0.1) is 11.3 Å². The lowest BCUT2D eigenvalue weighted by Crippen LogP contribution is -2.54. The van der Waals surface area contributed by atoms with Crippen LogP contribution in [0.25, 0.3) is 0 Å². The van der Waals surface area contributed by atoms with Crippen molar-refractivity contribution < 1.29 is 41.5 Å². The summed E-state index contributed by atoms with van der Waals surface area (Å²) in [6.45, 7) is 7.36. The average molecular weight is 871 g/mol. The molecule has 0 aromatic heterocycles. The molecule has 3 aromatic carbocycles. The molecule has 3 saturated heterocycles. The van der Waals surface area contributed by atoms with E-state index in [1.54, 1.807) is 50.2 Å². The van der Waals surface area contributed by atoms with Gasteiger partial charge in [-0.05, 0) is 99.6 Å². The lowest BCUT2D eigenvalue weighted by molar-refractivity contribution is -0.138. The molecule has 3 heterocycles. The Balaban J connectivity index is 1.03. The second-order valence-corrected chi connectivity index (χ2v) is 16.1. The van der Waals surface area contributed by atoms with E-state index in [0.717, 1.165) is 17.0 Å². The largest absolute Gasteiger partial charge is 0.492 e. The Hall–Kier alpha value is -5.35. The van der Waals surface area contributed by atoms with Gasteiger partial charge in [0.2, 0.25) is 17.7 Å². The minimum absolute atomic E-state index is 0.00293. The molecule has 318 valence electrons. The van der Waals surface area contributed by atoms with Gasteiger partial charge in [0.1, 0.15) is 23.9 Å². The number of nitrogens with zero attached hydrogens (tertiary/aromatic N) is 5. The number of nitriles is 1. The number of carbonyl (C=O) groups is 4. The van der Waals surface area contributed by atoms with E-state index < -0.39 is 47.4 Å². The van der Waals surface area contributed by atoms with E-state index in [0.29, 0.717) is 66.0 Å². The molecule has 0 spiro atoms. The molecule has 1 unspecified atom stereocenters. The van der Waals surface area contributed by atoms with Crippen molar-refractivity contribution in [2.24, 2.45) is 0 Å². The van der Waals surface area contributed by atoms with Crippen molar-refractivity contribution in [2.75, 3.05) is 66.4 Å². The van der Waals surface area contributed by atoms with Gasteiger partial charge in [-0.2, -0.15) is 18.4 Å². The number of ether oxygens (including phenoxy) is 1. The normalized spacial score (nSPS) is 19.9. The molecule has 19 heteroatoms. The monoisotopic (exact) mass is 870 g/mol. The average Bonchev–Trinajstić information content (AvgIpc) is 3.35. The first-order valence-corrected chi connectivity index (χ1v) is 20.0. The van der Waals surface area contributed by atoms with Gasteiger partial charge in [0.25, 0.3) is 5.91 Å². The van der Waals surface area contributed by atoms with Gasteiger partial charge in [0.05, 0.1) is 36.1 Å². The van der Waals surface area contributed by atoms with Gasteiger partial charge in [-0.1, -0.05) is 11.6 Å². The first-order valence-electron chi connectivity index (χ1n) is 19.2. The number of piperazine rings is 1. The number of benzene rings is 3. The predicted octanol–water partition coefficient (Wildman–Crippen LogP) is 5.90. The smallest absolute Gasteiger partial charge is 0.417 e. The van der Waals surface area contributed by atoms with E-state index in [9.17, 15) is 42.0 Å². The number of anilines is 4. The quantitative estimate of drug-likeness (QED) is 0.107. The summed E-state index contributed by atoms with van der Waals surface area (Å²) in [5.41, 5.74) is -1.31. The number of halogens is 5. The van der Waals surface area contributed by atoms with Crippen molar-refractivity contribution in [2.45, 2.75) is 63.8 Å². The first-order chi connectivity index (χ1) is 28.4. The Bertz CT molecular complexity index is 2240. The highest BCUT2D eigenvalue weighted by molar-refractivity contribution is 7.81. The SMILES string of the molecule is C[C@@H]1CN(CCOc2ccc(N3C(=S)N(c4ccc(C#N)c(C(F)(F)F)c4)C(=O)C3(C)C)cc2CCF)CCN1CC(=O)Nc1cc(Cl)cc(NC2CCC(=O)NC2=O)c1. The number of rotatable bonds is 13. The first kappa shape index (κ1) is 44.2. The molecule has 3 aliphatic heterocycles. The molecule has 3 aliphatic rings. The van der Waals surface area contributed by atoms with Crippen molar-refractivity contribution in [1.29, 1.82) is 5.26 Å². The summed E-state index contributed by atoms with van der Waals surface area (Å²) < 4.78 is 61.3. The maximum atomic E-state index is 13.8. The predicted molar refractivity (Wildman–Crippen MR) is 222 cm³/mol.